The normalized spacial score (nSPS) is 14.8. The van der Waals surface area contributed by atoms with Gasteiger partial charge in [0.1, 0.15) is 11.6 Å². The van der Waals surface area contributed by atoms with Crippen LogP contribution >= 0.6 is 0 Å². The first-order valence-corrected chi connectivity index (χ1v) is 11.3. The second-order valence-electron chi connectivity index (χ2n) is 8.65. The number of pyridine rings is 1. The van der Waals surface area contributed by atoms with Crippen molar-refractivity contribution in [3.63, 3.8) is 0 Å². The Kier molecular flexibility index (Phi) is 7.00. The van der Waals surface area contributed by atoms with E-state index in [9.17, 15) is 22.8 Å². The Labute approximate surface area is 200 Å². The molecule has 7 nitrogen and oxygen atoms in total. The zero-order chi connectivity index (χ0) is 25.2. The van der Waals surface area contributed by atoms with Crippen LogP contribution in [0, 0.1) is 19.8 Å². The molecule has 1 aliphatic rings. The van der Waals surface area contributed by atoms with E-state index in [1.807, 2.05) is 29.4 Å². The van der Waals surface area contributed by atoms with Crippen LogP contribution in [0.15, 0.2) is 47.2 Å². The number of ether oxygens (including phenoxy) is 1. The van der Waals surface area contributed by atoms with Crippen LogP contribution in [0.1, 0.15) is 45.9 Å². The highest BCUT2D eigenvalue weighted by Crippen LogP contribution is 2.30. The number of carbonyl (C=O) groups is 2. The van der Waals surface area contributed by atoms with E-state index >= 15 is 0 Å². The fourth-order valence-corrected chi connectivity index (χ4v) is 4.30. The van der Waals surface area contributed by atoms with Gasteiger partial charge >= 0.3 is 12.1 Å². The zero-order valence-corrected chi connectivity index (χ0v) is 19.5. The molecule has 0 amide bonds. The highest BCUT2D eigenvalue weighted by Gasteiger charge is 2.32. The van der Waals surface area contributed by atoms with Gasteiger partial charge in [-0.25, -0.2) is 4.98 Å². The lowest BCUT2D eigenvalue weighted by molar-refractivity contribution is -0.148. The van der Waals surface area contributed by atoms with E-state index in [1.165, 1.54) is 6.07 Å². The lowest BCUT2D eigenvalue weighted by Crippen LogP contribution is -2.37. The zero-order valence-electron chi connectivity index (χ0n) is 19.5. The second-order valence-corrected chi connectivity index (χ2v) is 8.65. The minimum Gasteiger partial charge on any atom is -0.467 e. The topological polar surface area (TPSA) is 77.6 Å². The van der Waals surface area contributed by atoms with E-state index < -0.39 is 17.7 Å². The molecule has 1 saturated heterocycles. The predicted octanol–water partition coefficient (Wildman–Crippen LogP) is 4.80. The van der Waals surface area contributed by atoms with Gasteiger partial charge in [0.2, 0.25) is 5.78 Å². The van der Waals surface area contributed by atoms with Gasteiger partial charge in [0.25, 0.3) is 0 Å². The van der Waals surface area contributed by atoms with Crippen LogP contribution in [0.4, 0.5) is 19.0 Å². The molecule has 0 saturated carbocycles. The van der Waals surface area contributed by atoms with E-state index in [-0.39, 0.29) is 18.3 Å². The van der Waals surface area contributed by atoms with Crippen molar-refractivity contribution in [2.24, 2.45) is 5.92 Å². The lowest BCUT2D eigenvalue weighted by atomic mass is 9.97. The van der Waals surface area contributed by atoms with E-state index in [1.54, 1.807) is 18.4 Å². The van der Waals surface area contributed by atoms with Crippen molar-refractivity contribution < 1.29 is 31.9 Å². The summed E-state index contributed by atoms with van der Waals surface area (Å²) in [6.07, 6.45) is -1.09. The Hall–Kier alpha value is -3.56. The standard InChI is InChI=1S/C25H26F3N3O4/c1-16-12-21(17(2)31(16)14-20-4-3-11-34-20)22(32)15-35-24(33)18-7-9-30(10-8-18)23-6-5-19(13-29-23)25(26,27)28/h3-6,11-13,18H,7-10,14-15H2,1-2H3. The number of Topliss-reactive ketones (excluding diaryl/α,β-unsaturated/α-hetero) is 1. The SMILES string of the molecule is Cc1cc(C(=O)COC(=O)C2CCN(c3ccc(C(F)(F)F)cn3)CC2)c(C)n1Cc1ccco1. The highest BCUT2D eigenvalue weighted by molar-refractivity contribution is 5.99. The Bertz CT molecular complexity index is 1180. The third-order valence-electron chi connectivity index (χ3n) is 6.34. The Balaban J connectivity index is 1.28. The lowest BCUT2D eigenvalue weighted by Gasteiger charge is -2.31. The van der Waals surface area contributed by atoms with Crippen molar-refractivity contribution in [1.29, 1.82) is 0 Å². The van der Waals surface area contributed by atoms with Crippen LogP contribution in [0.5, 0.6) is 0 Å². The number of anilines is 1. The summed E-state index contributed by atoms with van der Waals surface area (Å²) in [6.45, 7) is 4.82. The first-order chi connectivity index (χ1) is 16.6. The van der Waals surface area contributed by atoms with Crippen LogP contribution in [-0.4, -0.2) is 41.0 Å². The summed E-state index contributed by atoms with van der Waals surface area (Å²) in [5.41, 5.74) is 1.38. The van der Waals surface area contributed by atoms with Gasteiger partial charge in [-0.1, -0.05) is 0 Å². The quantitative estimate of drug-likeness (QED) is 0.350. The van der Waals surface area contributed by atoms with Gasteiger partial charge in [-0.05, 0) is 57.0 Å². The number of aromatic nitrogens is 2. The first-order valence-electron chi connectivity index (χ1n) is 11.3. The maximum atomic E-state index is 12.7. The summed E-state index contributed by atoms with van der Waals surface area (Å²) >= 11 is 0. The van der Waals surface area contributed by atoms with Crippen molar-refractivity contribution in [3.05, 3.63) is 71.1 Å². The number of hydrogen-bond donors (Lipinski definition) is 0. The second kappa shape index (κ2) is 9.97. The molecule has 35 heavy (non-hydrogen) atoms. The van der Waals surface area contributed by atoms with Crippen LogP contribution in [-0.2, 0) is 22.3 Å². The fraction of sp³-hybridized carbons (Fsp3) is 0.400. The summed E-state index contributed by atoms with van der Waals surface area (Å²) in [4.78, 5) is 31.0. The molecule has 4 heterocycles. The average molecular weight is 489 g/mol. The largest absolute Gasteiger partial charge is 0.467 e. The first kappa shape index (κ1) is 24.6. The summed E-state index contributed by atoms with van der Waals surface area (Å²) in [6, 6.07) is 7.78. The third kappa shape index (κ3) is 5.58. The summed E-state index contributed by atoms with van der Waals surface area (Å²) in [7, 11) is 0. The third-order valence-corrected chi connectivity index (χ3v) is 6.34. The molecular formula is C25H26F3N3O4. The fourth-order valence-electron chi connectivity index (χ4n) is 4.30. The molecule has 3 aromatic heterocycles. The van der Waals surface area contributed by atoms with Gasteiger partial charge in [-0.2, -0.15) is 13.2 Å². The maximum Gasteiger partial charge on any atom is 0.417 e. The molecule has 0 spiro atoms. The maximum absolute atomic E-state index is 12.7. The van der Waals surface area contributed by atoms with Gasteiger partial charge in [0, 0.05) is 36.2 Å². The molecular weight excluding hydrogens is 463 g/mol. The van der Waals surface area contributed by atoms with E-state index in [2.05, 4.69) is 4.98 Å². The number of furan rings is 1. The van der Waals surface area contributed by atoms with Crippen molar-refractivity contribution in [2.75, 3.05) is 24.6 Å². The number of esters is 1. The van der Waals surface area contributed by atoms with Crippen molar-refractivity contribution in [3.8, 4) is 0 Å². The molecule has 0 unspecified atom stereocenters. The average Bonchev–Trinajstić information content (AvgIpc) is 3.46. The molecule has 1 aliphatic heterocycles. The summed E-state index contributed by atoms with van der Waals surface area (Å²) in [5.74, 6) is 0.117. The van der Waals surface area contributed by atoms with Crippen LogP contribution in [0.2, 0.25) is 0 Å². The van der Waals surface area contributed by atoms with E-state index in [0.717, 1.165) is 29.4 Å². The number of ketones is 1. The minimum atomic E-state index is -4.43. The highest BCUT2D eigenvalue weighted by atomic mass is 19.4. The molecule has 0 radical (unpaired) electrons. The summed E-state index contributed by atoms with van der Waals surface area (Å²) < 4.78 is 50.9. The molecule has 0 bridgehead atoms. The molecule has 0 aromatic carbocycles. The van der Waals surface area contributed by atoms with Crippen molar-refractivity contribution >= 4 is 17.6 Å². The minimum absolute atomic E-state index is 0.275. The molecule has 186 valence electrons. The molecule has 1 fully saturated rings. The summed E-state index contributed by atoms with van der Waals surface area (Å²) in [5, 5.41) is 0. The number of halogens is 3. The molecule has 10 heteroatoms. The van der Waals surface area contributed by atoms with E-state index in [4.69, 9.17) is 9.15 Å². The molecule has 0 aliphatic carbocycles. The van der Waals surface area contributed by atoms with Crippen molar-refractivity contribution in [1.82, 2.24) is 9.55 Å². The predicted molar refractivity (Wildman–Crippen MR) is 121 cm³/mol. The van der Waals surface area contributed by atoms with Gasteiger partial charge in [-0.15, -0.1) is 0 Å². The molecule has 4 rings (SSSR count). The van der Waals surface area contributed by atoms with Crippen molar-refractivity contribution in [2.45, 2.75) is 39.4 Å². The van der Waals surface area contributed by atoms with Gasteiger partial charge in [-0.3, -0.25) is 9.59 Å². The number of alkyl halides is 3. The number of hydrogen-bond acceptors (Lipinski definition) is 6. The molecule has 0 N–H and O–H groups in total. The number of aryl methyl sites for hydroxylation is 1. The monoisotopic (exact) mass is 489 g/mol. The van der Waals surface area contributed by atoms with Gasteiger partial charge < -0.3 is 18.6 Å². The van der Waals surface area contributed by atoms with Crippen LogP contribution < -0.4 is 4.90 Å². The molecule has 3 aromatic rings. The number of piperidine rings is 1. The number of nitrogens with zero attached hydrogens (tertiary/aromatic N) is 3. The van der Waals surface area contributed by atoms with Gasteiger partial charge in [0.15, 0.2) is 6.61 Å². The number of rotatable bonds is 7. The van der Waals surface area contributed by atoms with E-state index in [0.29, 0.717) is 43.9 Å². The smallest absolute Gasteiger partial charge is 0.417 e. The Morgan fingerprint density at radius 3 is 2.51 bits per heavy atom. The van der Waals surface area contributed by atoms with Crippen LogP contribution in [0.25, 0.3) is 0 Å². The Morgan fingerprint density at radius 1 is 1.17 bits per heavy atom. The van der Waals surface area contributed by atoms with Crippen LogP contribution in [0.3, 0.4) is 0 Å². The number of carbonyl (C=O) groups excluding carboxylic acids is 2. The Morgan fingerprint density at radius 2 is 1.91 bits per heavy atom. The van der Waals surface area contributed by atoms with Gasteiger partial charge in [0.05, 0.1) is 24.3 Å². The molecule has 0 atom stereocenters.